The Kier molecular flexibility index (Phi) is 60.9. The van der Waals surface area contributed by atoms with E-state index in [0.717, 1.165) is 141 Å². The third-order valence-corrected chi connectivity index (χ3v) is 13.1. The Balaban J connectivity index is 4.34. The quantitative estimate of drug-likeness (QED) is 0.0261. The minimum Gasteiger partial charge on any atom is -0.462 e. The predicted molar refractivity (Wildman–Crippen MR) is 339 cm³/mol. The first-order chi connectivity index (χ1) is 38.5. The zero-order valence-electron chi connectivity index (χ0n) is 50.4. The molecule has 0 N–H and O–H groups in total. The highest BCUT2D eigenvalue weighted by atomic mass is 16.6. The molecule has 1 atom stereocenters. The molecule has 0 saturated carbocycles. The van der Waals surface area contributed by atoms with Crippen LogP contribution in [0.1, 0.15) is 271 Å². The molecule has 0 aromatic heterocycles. The summed E-state index contributed by atoms with van der Waals surface area (Å²) in [5.74, 6) is -0.962. The maximum Gasteiger partial charge on any atom is 0.306 e. The van der Waals surface area contributed by atoms with Crippen LogP contribution in [0.15, 0.2) is 146 Å². The summed E-state index contributed by atoms with van der Waals surface area (Å²) in [6, 6.07) is 0. The summed E-state index contributed by atoms with van der Waals surface area (Å²) in [7, 11) is 0. The molecule has 1 unspecified atom stereocenters. The fraction of sp³-hybridized carbons (Fsp3) is 0.625. The highest BCUT2D eigenvalue weighted by Crippen LogP contribution is 2.14. The average Bonchev–Trinajstić information content (AvgIpc) is 3.44. The number of hydrogen-bond donors (Lipinski definition) is 0. The Bertz CT molecular complexity index is 1710. The molecule has 6 heteroatoms. The molecule has 6 nitrogen and oxygen atoms in total. The van der Waals surface area contributed by atoms with E-state index in [1.54, 1.807) is 0 Å². The van der Waals surface area contributed by atoms with E-state index in [-0.39, 0.29) is 37.5 Å². The highest BCUT2D eigenvalue weighted by Gasteiger charge is 2.19. The molecule has 78 heavy (non-hydrogen) atoms. The van der Waals surface area contributed by atoms with Crippen molar-refractivity contribution in [1.29, 1.82) is 0 Å². The number of esters is 3. The van der Waals surface area contributed by atoms with Gasteiger partial charge in [-0.25, -0.2) is 0 Å². The molecule has 0 rings (SSSR count). The molecule has 0 amide bonds. The van der Waals surface area contributed by atoms with Gasteiger partial charge in [0.15, 0.2) is 6.10 Å². The summed E-state index contributed by atoms with van der Waals surface area (Å²) in [6.07, 6.45) is 92.8. The summed E-state index contributed by atoms with van der Waals surface area (Å²) in [5.41, 5.74) is 0. The molecule has 0 bridgehead atoms. The van der Waals surface area contributed by atoms with Crippen molar-refractivity contribution in [2.75, 3.05) is 13.2 Å². The van der Waals surface area contributed by atoms with Gasteiger partial charge < -0.3 is 14.2 Å². The lowest BCUT2D eigenvalue weighted by molar-refractivity contribution is -0.167. The molecular weight excluding hydrogens is 961 g/mol. The van der Waals surface area contributed by atoms with Gasteiger partial charge in [-0.15, -0.1) is 0 Å². The molecule has 0 fully saturated rings. The van der Waals surface area contributed by atoms with Gasteiger partial charge in [-0.2, -0.15) is 0 Å². The van der Waals surface area contributed by atoms with E-state index in [1.807, 2.05) is 0 Å². The van der Waals surface area contributed by atoms with Gasteiger partial charge in [0.1, 0.15) is 13.2 Å². The monoisotopic (exact) mass is 1080 g/mol. The van der Waals surface area contributed by atoms with Gasteiger partial charge in [0.25, 0.3) is 0 Å². The third-order valence-electron chi connectivity index (χ3n) is 13.1. The van der Waals surface area contributed by atoms with E-state index in [9.17, 15) is 14.4 Å². The lowest BCUT2D eigenvalue weighted by Crippen LogP contribution is -2.30. The summed E-state index contributed by atoms with van der Waals surface area (Å²) in [6.45, 7) is 6.35. The normalized spacial score (nSPS) is 13.1. The molecular formula is C72H116O6. The summed E-state index contributed by atoms with van der Waals surface area (Å²) >= 11 is 0. The van der Waals surface area contributed by atoms with E-state index in [1.165, 1.54) is 83.5 Å². The smallest absolute Gasteiger partial charge is 0.306 e. The fourth-order valence-corrected chi connectivity index (χ4v) is 8.35. The number of hydrogen-bond acceptors (Lipinski definition) is 6. The van der Waals surface area contributed by atoms with Crippen LogP contribution >= 0.6 is 0 Å². The van der Waals surface area contributed by atoms with E-state index in [2.05, 4.69) is 167 Å². The molecule has 0 radical (unpaired) electrons. The van der Waals surface area contributed by atoms with Crippen molar-refractivity contribution in [1.82, 2.24) is 0 Å². The van der Waals surface area contributed by atoms with Gasteiger partial charge in [-0.1, -0.05) is 256 Å². The number of unbranched alkanes of at least 4 members (excludes halogenated alkanes) is 21. The van der Waals surface area contributed by atoms with E-state index in [4.69, 9.17) is 14.2 Å². The zero-order chi connectivity index (χ0) is 56.4. The second-order valence-electron chi connectivity index (χ2n) is 20.5. The molecule has 0 aliphatic carbocycles. The Morgan fingerprint density at radius 2 is 0.500 bits per heavy atom. The SMILES string of the molecule is CC/C=C\C/C=C\C/C=C\C/C=C\C/C=C\C/C=C\C/C=C\CCCCCCCCCCCC(=O)OCC(COC(=O)CCCCCCC/C=C\CCCCCCC)OC(=O)CCCC/C=C\C/C=C\C/C=C\C/C=C\CC. The number of rotatable bonds is 56. The van der Waals surface area contributed by atoms with Crippen molar-refractivity contribution in [3.05, 3.63) is 146 Å². The van der Waals surface area contributed by atoms with Crippen molar-refractivity contribution in [2.24, 2.45) is 0 Å². The number of carbonyl (C=O) groups excluding carboxylic acids is 3. The van der Waals surface area contributed by atoms with Crippen molar-refractivity contribution in [3.63, 3.8) is 0 Å². The number of carbonyl (C=O) groups is 3. The highest BCUT2D eigenvalue weighted by molar-refractivity contribution is 5.71. The van der Waals surface area contributed by atoms with Crippen molar-refractivity contribution in [2.45, 2.75) is 277 Å². The molecule has 0 aromatic rings. The molecule has 440 valence electrons. The van der Waals surface area contributed by atoms with Gasteiger partial charge in [0.05, 0.1) is 0 Å². The first-order valence-electron chi connectivity index (χ1n) is 31.8. The van der Waals surface area contributed by atoms with Crippen molar-refractivity contribution >= 4 is 17.9 Å². The molecule has 0 aliphatic rings. The Hall–Kier alpha value is -4.71. The maximum absolute atomic E-state index is 12.9. The predicted octanol–water partition coefficient (Wildman–Crippen LogP) is 21.9. The molecule has 0 spiro atoms. The summed E-state index contributed by atoms with van der Waals surface area (Å²) in [5, 5.41) is 0. The van der Waals surface area contributed by atoms with Crippen molar-refractivity contribution in [3.8, 4) is 0 Å². The average molecular weight is 1080 g/mol. The van der Waals surface area contributed by atoms with Crippen molar-refractivity contribution < 1.29 is 28.6 Å². The van der Waals surface area contributed by atoms with Gasteiger partial charge in [0, 0.05) is 19.3 Å². The van der Waals surface area contributed by atoms with Gasteiger partial charge in [0.2, 0.25) is 0 Å². The van der Waals surface area contributed by atoms with Crippen LogP contribution in [0.2, 0.25) is 0 Å². The topological polar surface area (TPSA) is 78.9 Å². The van der Waals surface area contributed by atoms with E-state index < -0.39 is 6.10 Å². The van der Waals surface area contributed by atoms with Crippen LogP contribution in [0.4, 0.5) is 0 Å². The van der Waals surface area contributed by atoms with Gasteiger partial charge >= 0.3 is 17.9 Å². The third kappa shape index (κ3) is 62.1. The molecule has 0 aromatic carbocycles. The molecule has 0 saturated heterocycles. The van der Waals surface area contributed by atoms with Crippen LogP contribution in [-0.4, -0.2) is 37.2 Å². The van der Waals surface area contributed by atoms with E-state index in [0.29, 0.717) is 19.3 Å². The number of allylic oxidation sites excluding steroid dienone is 24. The minimum atomic E-state index is -0.812. The van der Waals surface area contributed by atoms with Crippen LogP contribution in [-0.2, 0) is 28.6 Å². The first-order valence-corrected chi connectivity index (χ1v) is 31.8. The zero-order valence-corrected chi connectivity index (χ0v) is 50.4. The van der Waals surface area contributed by atoms with Crippen LogP contribution in [0.3, 0.4) is 0 Å². The lowest BCUT2D eigenvalue weighted by atomic mass is 10.1. The summed E-state index contributed by atoms with van der Waals surface area (Å²) in [4.78, 5) is 38.2. The largest absolute Gasteiger partial charge is 0.462 e. The minimum absolute atomic E-state index is 0.105. The van der Waals surface area contributed by atoms with E-state index >= 15 is 0 Å². The molecule has 0 aliphatic heterocycles. The molecule has 0 heterocycles. The lowest BCUT2D eigenvalue weighted by Gasteiger charge is -2.18. The van der Waals surface area contributed by atoms with Crippen LogP contribution in [0, 0.1) is 0 Å². The second kappa shape index (κ2) is 64.8. The van der Waals surface area contributed by atoms with Crippen LogP contribution < -0.4 is 0 Å². The summed E-state index contributed by atoms with van der Waals surface area (Å²) < 4.78 is 16.9. The van der Waals surface area contributed by atoms with Gasteiger partial charge in [-0.3, -0.25) is 14.4 Å². The fourth-order valence-electron chi connectivity index (χ4n) is 8.35. The Labute approximate surface area is 480 Å². The Morgan fingerprint density at radius 3 is 0.821 bits per heavy atom. The standard InChI is InChI=1S/C72H116O6/c1-4-7-10-13-16-19-22-25-28-29-30-31-32-33-34-35-36-37-38-39-40-41-42-43-45-47-50-53-56-59-62-65-71(74)77-68-69(67-76-70(73)64-61-58-55-52-49-46-27-24-21-18-15-12-9-6-3)78-72(75)66-63-60-57-54-51-48-44-26-23-20-17-14-11-8-5-2/h7-8,10-11,16-17,19-20,24-28,30-31,33-34,36-37,39-40,44,51,54,69H,4-6,9,12-15,18,21-23,29,32,35,38,41-43,45-50,52-53,55-68H2,1-3H3/b10-7-,11-8-,19-16-,20-17-,27-24-,28-25-,31-30-,34-33-,37-36-,40-39-,44-26-,54-51-. The van der Waals surface area contributed by atoms with Crippen LogP contribution in [0.25, 0.3) is 0 Å². The van der Waals surface area contributed by atoms with Crippen LogP contribution in [0.5, 0.6) is 0 Å². The number of ether oxygens (including phenoxy) is 3. The second-order valence-corrected chi connectivity index (χ2v) is 20.5. The van der Waals surface area contributed by atoms with Gasteiger partial charge in [-0.05, 0) is 141 Å². The maximum atomic E-state index is 12.9. The first kappa shape index (κ1) is 73.3. The Morgan fingerprint density at radius 1 is 0.269 bits per heavy atom.